The van der Waals surface area contributed by atoms with Gasteiger partial charge in [0.05, 0.1) is 5.69 Å². The molecule has 2 aromatic rings. The molecule has 0 spiro atoms. The molecule has 0 bridgehead atoms. The van der Waals surface area contributed by atoms with Crippen molar-refractivity contribution in [2.24, 2.45) is 12.0 Å². The van der Waals surface area contributed by atoms with Crippen molar-refractivity contribution in [1.82, 2.24) is 20.0 Å². The number of aliphatic imine (C=N–C) groups is 1. The lowest BCUT2D eigenvalue weighted by Gasteiger charge is -2.38. The van der Waals surface area contributed by atoms with Crippen LogP contribution < -0.4 is 10.2 Å². The van der Waals surface area contributed by atoms with Gasteiger partial charge < -0.3 is 15.1 Å². The molecule has 28 heavy (non-hydrogen) atoms. The van der Waals surface area contributed by atoms with E-state index in [-0.39, 0.29) is 0 Å². The van der Waals surface area contributed by atoms with E-state index in [1.807, 2.05) is 18.8 Å². The maximum absolute atomic E-state index is 4.51. The number of nitrogens with zero attached hydrogens (tertiary/aromatic N) is 5. The van der Waals surface area contributed by atoms with E-state index in [9.17, 15) is 0 Å². The van der Waals surface area contributed by atoms with Crippen LogP contribution in [-0.2, 0) is 13.5 Å². The van der Waals surface area contributed by atoms with Crippen LogP contribution in [0.1, 0.15) is 28.1 Å². The van der Waals surface area contributed by atoms with Crippen LogP contribution in [0.3, 0.4) is 0 Å². The fraction of sp³-hybridized carbons (Fsp3) is 0.545. The predicted molar refractivity (Wildman–Crippen MR) is 117 cm³/mol. The number of nitrogens with one attached hydrogen (secondary N) is 1. The molecule has 1 saturated heterocycles. The highest BCUT2D eigenvalue weighted by Crippen LogP contribution is 2.23. The molecule has 6 nitrogen and oxygen atoms in total. The Morgan fingerprint density at radius 3 is 2.43 bits per heavy atom. The van der Waals surface area contributed by atoms with Gasteiger partial charge in [0.15, 0.2) is 5.96 Å². The number of piperazine rings is 1. The fourth-order valence-electron chi connectivity index (χ4n) is 4.05. The molecule has 1 N–H and O–H groups in total. The third-order valence-corrected chi connectivity index (χ3v) is 6.02. The number of guanidine groups is 1. The van der Waals surface area contributed by atoms with E-state index < -0.39 is 0 Å². The minimum atomic E-state index is 0.872. The number of hydrogen-bond donors (Lipinski definition) is 1. The van der Waals surface area contributed by atoms with E-state index in [4.69, 9.17) is 0 Å². The van der Waals surface area contributed by atoms with Gasteiger partial charge in [0.1, 0.15) is 0 Å². The summed E-state index contributed by atoms with van der Waals surface area (Å²) in [4.78, 5) is 9.37. The summed E-state index contributed by atoms with van der Waals surface area (Å²) in [6.45, 7) is 13.5. The number of rotatable bonds is 4. The largest absolute Gasteiger partial charge is 0.368 e. The number of aryl methyl sites for hydroxylation is 3. The van der Waals surface area contributed by atoms with Crippen LogP contribution in [-0.4, -0.2) is 60.4 Å². The Morgan fingerprint density at radius 2 is 1.82 bits per heavy atom. The molecule has 0 radical (unpaired) electrons. The van der Waals surface area contributed by atoms with E-state index in [0.29, 0.717) is 0 Å². The highest BCUT2D eigenvalue weighted by atomic mass is 15.3. The topological polar surface area (TPSA) is 48.7 Å². The summed E-state index contributed by atoms with van der Waals surface area (Å²) in [6.07, 6.45) is 0.965. The molecule has 6 heteroatoms. The average molecular weight is 383 g/mol. The Bertz CT molecular complexity index is 843. The van der Waals surface area contributed by atoms with Gasteiger partial charge in [-0.2, -0.15) is 5.10 Å². The van der Waals surface area contributed by atoms with Gasteiger partial charge >= 0.3 is 0 Å². The standard InChI is InChI=1S/C22H34N6/c1-16-8-7-9-21(17(16)2)27-12-14-28(15-13-27)22(23-5)24-11-10-20-18(3)25-26(6)19(20)4/h7-9H,10-15H2,1-6H3,(H,23,24). The Morgan fingerprint density at radius 1 is 1.11 bits per heavy atom. The smallest absolute Gasteiger partial charge is 0.193 e. The number of aromatic nitrogens is 2. The maximum atomic E-state index is 4.51. The van der Waals surface area contributed by atoms with Gasteiger partial charge in [-0.1, -0.05) is 12.1 Å². The summed E-state index contributed by atoms with van der Waals surface area (Å²) in [6, 6.07) is 6.59. The lowest BCUT2D eigenvalue weighted by atomic mass is 10.1. The molecular weight excluding hydrogens is 348 g/mol. The SMILES string of the molecule is CN=C(NCCc1c(C)nn(C)c1C)N1CCN(c2cccc(C)c2C)CC1. The predicted octanol–water partition coefficient (Wildman–Crippen LogP) is 2.59. The monoisotopic (exact) mass is 382 g/mol. The van der Waals surface area contributed by atoms with Crippen molar-refractivity contribution in [3.63, 3.8) is 0 Å². The second kappa shape index (κ2) is 8.67. The number of hydrogen-bond acceptors (Lipinski definition) is 3. The van der Waals surface area contributed by atoms with E-state index in [2.05, 4.69) is 71.1 Å². The molecule has 1 aromatic heterocycles. The van der Waals surface area contributed by atoms with Gasteiger partial charge in [-0.3, -0.25) is 9.67 Å². The van der Waals surface area contributed by atoms with Crippen molar-refractivity contribution in [1.29, 1.82) is 0 Å². The van der Waals surface area contributed by atoms with Crippen molar-refractivity contribution >= 4 is 11.6 Å². The molecule has 0 amide bonds. The second-order valence-electron chi connectivity index (χ2n) is 7.69. The molecule has 2 heterocycles. The molecule has 1 aliphatic heterocycles. The first-order valence-electron chi connectivity index (χ1n) is 10.2. The van der Waals surface area contributed by atoms with Gasteiger partial charge in [0.25, 0.3) is 0 Å². The number of anilines is 1. The lowest BCUT2D eigenvalue weighted by molar-refractivity contribution is 0.372. The van der Waals surface area contributed by atoms with Gasteiger partial charge in [0.2, 0.25) is 0 Å². The van der Waals surface area contributed by atoms with Crippen molar-refractivity contribution in [3.8, 4) is 0 Å². The van der Waals surface area contributed by atoms with E-state index in [0.717, 1.165) is 50.8 Å². The van der Waals surface area contributed by atoms with Gasteiger partial charge in [-0.25, -0.2) is 0 Å². The molecule has 0 aliphatic carbocycles. The van der Waals surface area contributed by atoms with Crippen molar-refractivity contribution in [2.75, 3.05) is 44.7 Å². The van der Waals surface area contributed by atoms with Crippen LogP contribution >= 0.6 is 0 Å². The first-order chi connectivity index (χ1) is 13.4. The lowest BCUT2D eigenvalue weighted by Crippen LogP contribution is -2.53. The highest BCUT2D eigenvalue weighted by molar-refractivity contribution is 5.80. The average Bonchev–Trinajstić information content (AvgIpc) is 2.93. The summed E-state index contributed by atoms with van der Waals surface area (Å²) < 4.78 is 1.96. The molecule has 0 atom stereocenters. The number of benzene rings is 1. The molecule has 1 fully saturated rings. The third kappa shape index (κ3) is 4.16. The summed E-state index contributed by atoms with van der Waals surface area (Å²) in [7, 11) is 3.88. The van der Waals surface area contributed by atoms with Crippen molar-refractivity contribution in [2.45, 2.75) is 34.1 Å². The Balaban J connectivity index is 1.54. The van der Waals surface area contributed by atoms with Crippen LogP contribution in [0.5, 0.6) is 0 Å². The summed E-state index contributed by atoms with van der Waals surface area (Å²) in [5.74, 6) is 1.000. The van der Waals surface area contributed by atoms with Crippen LogP contribution in [0.4, 0.5) is 5.69 Å². The third-order valence-electron chi connectivity index (χ3n) is 6.02. The second-order valence-corrected chi connectivity index (χ2v) is 7.69. The van der Waals surface area contributed by atoms with Gasteiger partial charge in [0, 0.05) is 58.2 Å². The van der Waals surface area contributed by atoms with Crippen molar-refractivity contribution < 1.29 is 0 Å². The molecule has 0 unspecified atom stereocenters. The zero-order valence-corrected chi connectivity index (χ0v) is 18.2. The molecule has 0 saturated carbocycles. The molecular formula is C22H34N6. The quantitative estimate of drug-likeness (QED) is 0.652. The zero-order chi connectivity index (χ0) is 20.3. The Hall–Kier alpha value is -2.50. The fourth-order valence-corrected chi connectivity index (χ4v) is 4.05. The van der Waals surface area contributed by atoms with Crippen LogP contribution in [0.25, 0.3) is 0 Å². The maximum Gasteiger partial charge on any atom is 0.193 e. The minimum Gasteiger partial charge on any atom is -0.368 e. The summed E-state index contributed by atoms with van der Waals surface area (Å²) in [5, 5.41) is 8.06. The highest BCUT2D eigenvalue weighted by Gasteiger charge is 2.21. The molecule has 152 valence electrons. The summed E-state index contributed by atoms with van der Waals surface area (Å²) >= 11 is 0. The molecule has 1 aliphatic rings. The van der Waals surface area contributed by atoms with Crippen molar-refractivity contribution in [3.05, 3.63) is 46.3 Å². The molecule has 1 aromatic carbocycles. The normalized spacial score (nSPS) is 15.3. The van der Waals surface area contributed by atoms with Crippen LogP contribution in [0.15, 0.2) is 23.2 Å². The molecule has 3 rings (SSSR count). The van der Waals surface area contributed by atoms with Crippen LogP contribution in [0.2, 0.25) is 0 Å². The Labute approximate surface area is 169 Å². The Kier molecular flexibility index (Phi) is 6.27. The van der Waals surface area contributed by atoms with Gasteiger partial charge in [-0.15, -0.1) is 0 Å². The minimum absolute atomic E-state index is 0.872. The van der Waals surface area contributed by atoms with Crippen LogP contribution in [0, 0.1) is 27.7 Å². The van der Waals surface area contributed by atoms with Gasteiger partial charge in [-0.05, 0) is 56.9 Å². The first kappa shape index (κ1) is 20.2. The van der Waals surface area contributed by atoms with E-state index in [1.54, 1.807) is 0 Å². The zero-order valence-electron chi connectivity index (χ0n) is 18.2. The van der Waals surface area contributed by atoms with E-state index in [1.165, 1.54) is 28.1 Å². The summed E-state index contributed by atoms with van der Waals surface area (Å²) in [5.41, 5.74) is 7.82. The van der Waals surface area contributed by atoms with E-state index >= 15 is 0 Å². The first-order valence-corrected chi connectivity index (χ1v) is 10.2.